The zero-order valence-electron chi connectivity index (χ0n) is 7.25. The highest BCUT2D eigenvalue weighted by Crippen LogP contribution is 2.02. The molecule has 0 heterocycles. The minimum Gasteiger partial charge on any atom is -0.356 e. The van der Waals surface area contributed by atoms with E-state index in [1.165, 1.54) is 0 Å². The lowest BCUT2D eigenvalue weighted by molar-refractivity contribution is -0.105. The summed E-state index contributed by atoms with van der Waals surface area (Å²) < 4.78 is 10.00. The fraction of sp³-hybridized carbons (Fsp3) is 0.556. The Labute approximate surface area is 68.5 Å². The summed E-state index contributed by atoms with van der Waals surface area (Å²) in [6.45, 7) is 3.57. The predicted octanol–water partition coefficient (Wildman–Crippen LogP) is 2.13. The highest BCUT2D eigenvalue weighted by molar-refractivity contribution is 4.96. The molecule has 0 unspecified atom stereocenters. The van der Waals surface area contributed by atoms with Crippen molar-refractivity contribution in [3.63, 3.8) is 0 Å². The molecule has 64 valence electrons. The summed E-state index contributed by atoms with van der Waals surface area (Å²) in [7, 11) is 3.29. The molecule has 0 radical (unpaired) electrons. The molecule has 0 N–H and O–H groups in total. The molecule has 0 saturated heterocycles. The molecule has 0 atom stereocenters. The van der Waals surface area contributed by atoms with Crippen LogP contribution in [-0.2, 0) is 9.47 Å². The van der Waals surface area contributed by atoms with E-state index in [9.17, 15) is 0 Å². The van der Waals surface area contributed by atoms with Gasteiger partial charge in [-0.15, -0.1) is 0 Å². The van der Waals surface area contributed by atoms with Gasteiger partial charge in [-0.2, -0.15) is 0 Å². The van der Waals surface area contributed by atoms with Gasteiger partial charge in [-0.05, 0) is 6.42 Å². The molecule has 0 saturated carbocycles. The van der Waals surface area contributed by atoms with Gasteiger partial charge in [-0.25, -0.2) is 0 Å². The van der Waals surface area contributed by atoms with Crippen molar-refractivity contribution in [2.24, 2.45) is 0 Å². The number of hydrogen-bond acceptors (Lipinski definition) is 2. The molecule has 0 aromatic heterocycles. The van der Waals surface area contributed by atoms with Crippen LogP contribution in [0.5, 0.6) is 0 Å². The summed E-state index contributed by atoms with van der Waals surface area (Å²) in [5.41, 5.74) is 0. The number of allylic oxidation sites excluding steroid dienone is 3. The minimum atomic E-state index is -0.0792. The monoisotopic (exact) mass is 156 g/mol. The Morgan fingerprint density at radius 1 is 1.36 bits per heavy atom. The Kier molecular flexibility index (Phi) is 7.10. The minimum absolute atomic E-state index is 0.0792. The third kappa shape index (κ3) is 5.83. The smallest absolute Gasteiger partial charge is 0.157 e. The highest BCUT2D eigenvalue weighted by Gasteiger charge is 2.00. The molecular formula is C9H16O2. The molecule has 0 aromatic rings. The Morgan fingerprint density at radius 2 is 2.00 bits per heavy atom. The van der Waals surface area contributed by atoms with Crippen molar-refractivity contribution < 1.29 is 9.47 Å². The summed E-state index contributed by atoms with van der Waals surface area (Å²) in [6, 6.07) is 0. The van der Waals surface area contributed by atoms with Crippen molar-refractivity contribution >= 4 is 0 Å². The van der Waals surface area contributed by atoms with E-state index < -0.39 is 0 Å². The summed E-state index contributed by atoms with van der Waals surface area (Å²) in [5, 5.41) is 0. The average molecular weight is 156 g/mol. The lowest BCUT2D eigenvalue weighted by Gasteiger charge is -2.10. The zero-order valence-corrected chi connectivity index (χ0v) is 7.25. The van der Waals surface area contributed by atoms with Gasteiger partial charge in [0.1, 0.15) is 0 Å². The van der Waals surface area contributed by atoms with Gasteiger partial charge in [-0.3, -0.25) is 0 Å². The Bertz CT molecular complexity index is 115. The van der Waals surface area contributed by atoms with Crippen LogP contribution in [0.1, 0.15) is 12.8 Å². The molecule has 0 rings (SSSR count). The average Bonchev–Trinajstić information content (AvgIpc) is 2.05. The fourth-order valence-corrected chi connectivity index (χ4v) is 0.757. The van der Waals surface area contributed by atoms with Crippen molar-refractivity contribution in [2.75, 3.05) is 14.2 Å². The van der Waals surface area contributed by atoms with Gasteiger partial charge in [0.2, 0.25) is 0 Å². The molecule has 0 aromatic carbocycles. The number of hydrogen-bond donors (Lipinski definition) is 0. The Hall–Kier alpha value is -0.600. The first-order valence-electron chi connectivity index (χ1n) is 3.68. The van der Waals surface area contributed by atoms with Gasteiger partial charge >= 0.3 is 0 Å². The van der Waals surface area contributed by atoms with E-state index in [1.54, 1.807) is 20.3 Å². The van der Waals surface area contributed by atoms with Crippen LogP contribution < -0.4 is 0 Å². The zero-order chi connectivity index (χ0) is 8.53. The van der Waals surface area contributed by atoms with Gasteiger partial charge in [0.05, 0.1) is 0 Å². The van der Waals surface area contributed by atoms with Gasteiger partial charge in [-0.1, -0.05) is 24.8 Å². The maximum Gasteiger partial charge on any atom is 0.157 e. The standard InChI is InChI=1S/C9H16O2/c1-4-5-6-7-8-9(10-2)11-3/h4-6,9H,1,7-8H2,2-3H3. The van der Waals surface area contributed by atoms with Crippen LogP contribution in [0, 0.1) is 0 Å². The van der Waals surface area contributed by atoms with E-state index >= 15 is 0 Å². The van der Waals surface area contributed by atoms with E-state index in [0.717, 1.165) is 12.8 Å². The second kappa shape index (κ2) is 7.51. The summed E-state index contributed by atoms with van der Waals surface area (Å²) in [4.78, 5) is 0. The molecule has 0 bridgehead atoms. The van der Waals surface area contributed by atoms with E-state index in [0.29, 0.717) is 0 Å². The van der Waals surface area contributed by atoms with Gasteiger partial charge in [0.15, 0.2) is 6.29 Å². The molecule has 0 aliphatic carbocycles. The number of ether oxygens (including phenoxy) is 2. The maximum atomic E-state index is 5.00. The molecule has 0 spiro atoms. The Balaban J connectivity index is 3.34. The summed E-state index contributed by atoms with van der Waals surface area (Å²) >= 11 is 0. The quantitative estimate of drug-likeness (QED) is 0.433. The molecule has 2 heteroatoms. The van der Waals surface area contributed by atoms with Crippen molar-refractivity contribution in [1.82, 2.24) is 0 Å². The molecule has 11 heavy (non-hydrogen) atoms. The normalized spacial score (nSPS) is 11.2. The van der Waals surface area contributed by atoms with Crippen molar-refractivity contribution in [3.8, 4) is 0 Å². The van der Waals surface area contributed by atoms with Crippen LogP contribution in [0.25, 0.3) is 0 Å². The van der Waals surface area contributed by atoms with Gasteiger partial charge in [0.25, 0.3) is 0 Å². The van der Waals surface area contributed by atoms with Gasteiger partial charge < -0.3 is 9.47 Å². The number of rotatable bonds is 6. The van der Waals surface area contributed by atoms with Crippen LogP contribution >= 0.6 is 0 Å². The van der Waals surface area contributed by atoms with E-state index in [1.807, 2.05) is 12.2 Å². The summed E-state index contributed by atoms with van der Waals surface area (Å²) in [5.74, 6) is 0. The van der Waals surface area contributed by atoms with Crippen LogP contribution in [0.2, 0.25) is 0 Å². The lowest BCUT2D eigenvalue weighted by atomic mass is 10.3. The van der Waals surface area contributed by atoms with Crippen LogP contribution in [0.3, 0.4) is 0 Å². The topological polar surface area (TPSA) is 18.5 Å². The van der Waals surface area contributed by atoms with Crippen LogP contribution in [0.15, 0.2) is 24.8 Å². The first-order chi connectivity index (χ1) is 5.35. The van der Waals surface area contributed by atoms with Crippen LogP contribution in [0.4, 0.5) is 0 Å². The lowest BCUT2D eigenvalue weighted by Crippen LogP contribution is -2.11. The third-order valence-electron chi connectivity index (χ3n) is 1.37. The predicted molar refractivity (Wildman–Crippen MR) is 46.4 cm³/mol. The van der Waals surface area contributed by atoms with Crippen LogP contribution in [-0.4, -0.2) is 20.5 Å². The molecular weight excluding hydrogens is 140 g/mol. The second-order valence-electron chi connectivity index (χ2n) is 2.14. The molecule has 0 fully saturated rings. The second-order valence-corrected chi connectivity index (χ2v) is 2.14. The first kappa shape index (κ1) is 10.4. The maximum absolute atomic E-state index is 5.00. The van der Waals surface area contributed by atoms with E-state index in [2.05, 4.69) is 6.58 Å². The molecule has 0 amide bonds. The molecule has 0 aliphatic rings. The van der Waals surface area contributed by atoms with Crippen molar-refractivity contribution in [3.05, 3.63) is 24.8 Å². The third-order valence-corrected chi connectivity index (χ3v) is 1.37. The van der Waals surface area contributed by atoms with Crippen molar-refractivity contribution in [2.45, 2.75) is 19.1 Å². The van der Waals surface area contributed by atoms with Gasteiger partial charge in [0, 0.05) is 20.6 Å². The fourth-order valence-electron chi connectivity index (χ4n) is 0.757. The first-order valence-corrected chi connectivity index (χ1v) is 3.68. The Morgan fingerprint density at radius 3 is 2.45 bits per heavy atom. The van der Waals surface area contributed by atoms with E-state index in [-0.39, 0.29) is 6.29 Å². The SMILES string of the molecule is C=CC=CCCC(OC)OC. The molecule has 2 nitrogen and oxygen atoms in total. The number of methoxy groups -OCH3 is 2. The highest BCUT2D eigenvalue weighted by atomic mass is 16.7. The van der Waals surface area contributed by atoms with E-state index in [4.69, 9.17) is 9.47 Å². The summed E-state index contributed by atoms with van der Waals surface area (Å²) in [6.07, 6.45) is 7.48. The largest absolute Gasteiger partial charge is 0.356 e. The van der Waals surface area contributed by atoms with Crippen molar-refractivity contribution in [1.29, 1.82) is 0 Å². The molecule has 0 aliphatic heterocycles.